The van der Waals surface area contributed by atoms with E-state index in [0.29, 0.717) is 11.3 Å². The molecule has 0 saturated carbocycles. The summed E-state index contributed by atoms with van der Waals surface area (Å²) < 4.78 is 10.7. The van der Waals surface area contributed by atoms with E-state index in [1.807, 2.05) is 42.5 Å². The van der Waals surface area contributed by atoms with Crippen molar-refractivity contribution in [2.75, 3.05) is 7.11 Å². The van der Waals surface area contributed by atoms with E-state index in [0.717, 1.165) is 16.9 Å². The Morgan fingerprint density at radius 3 is 2.00 bits per heavy atom. The molecule has 0 atom stereocenters. The van der Waals surface area contributed by atoms with Gasteiger partial charge in [-0.15, -0.1) is 0 Å². The van der Waals surface area contributed by atoms with Crippen molar-refractivity contribution in [1.82, 2.24) is 0 Å². The highest BCUT2D eigenvalue weighted by Crippen LogP contribution is 2.36. The Hall–Kier alpha value is -2.55. The van der Waals surface area contributed by atoms with Crippen LogP contribution in [0.5, 0.6) is 11.5 Å². The molecule has 2 aromatic rings. The number of methoxy groups -OCH3 is 1. The molecule has 0 heterocycles. The molecule has 0 aliphatic carbocycles. The maximum Gasteiger partial charge on any atom is 0.338 e. The minimum atomic E-state index is -0.438. The fourth-order valence-electron chi connectivity index (χ4n) is 1.83. The van der Waals surface area contributed by atoms with E-state index in [1.165, 1.54) is 0 Å². The second-order valence-corrected chi connectivity index (χ2v) is 4.37. The van der Waals surface area contributed by atoms with Gasteiger partial charge in [-0.1, -0.05) is 43.0 Å². The number of rotatable bonds is 4. The van der Waals surface area contributed by atoms with E-state index in [1.54, 1.807) is 20.1 Å². The number of ether oxygens (including phenoxy) is 2. The number of para-hydroxylation sites is 2. The van der Waals surface area contributed by atoms with Crippen LogP contribution in [0.4, 0.5) is 0 Å². The summed E-state index contributed by atoms with van der Waals surface area (Å²) in [4.78, 5) is 11.7. The first-order chi connectivity index (χ1) is 9.63. The topological polar surface area (TPSA) is 35.5 Å². The molecule has 0 aromatic heterocycles. The molecule has 0 N–H and O–H groups in total. The van der Waals surface area contributed by atoms with Crippen LogP contribution in [-0.2, 0) is 4.79 Å². The van der Waals surface area contributed by atoms with Crippen LogP contribution in [0.25, 0.3) is 11.1 Å². The van der Waals surface area contributed by atoms with Crippen molar-refractivity contribution < 1.29 is 14.3 Å². The van der Waals surface area contributed by atoms with Crippen LogP contribution in [-0.4, -0.2) is 13.1 Å². The van der Waals surface area contributed by atoms with Crippen LogP contribution in [0, 0.1) is 0 Å². The minimum absolute atomic E-state index is 0.361. The zero-order valence-electron chi connectivity index (χ0n) is 11.6. The summed E-state index contributed by atoms with van der Waals surface area (Å²) in [6, 6.07) is 14.9. The van der Waals surface area contributed by atoms with Crippen molar-refractivity contribution in [3.05, 3.63) is 60.7 Å². The molecule has 0 fully saturated rings. The van der Waals surface area contributed by atoms with E-state index in [9.17, 15) is 4.79 Å². The number of esters is 1. The Morgan fingerprint density at radius 2 is 1.45 bits per heavy atom. The monoisotopic (exact) mass is 268 g/mol. The Balaban J connectivity index is 2.47. The molecule has 0 saturated heterocycles. The standard InChI is InChI=1S/C17H16O3/c1-12(2)17(18)20-16-11-7-5-9-14(16)13-8-4-6-10-15(13)19-3/h4-11H,1H2,2-3H3. The van der Waals surface area contributed by atoms with E-state index in [2.05, 4.69) is 6.58 Å². The molecule has 2 aromatic carbocycles. The molecule has 0 unspecified atom stereocenters. The lowest BCUT2D eigenvalue weighted by atomic mass is 10.0. The minimum Gasteiger partial charge on any atom is -0.496 e. The Bertz CT molecular complexity index is 644. The molecule has 3 nitrogen and oxygen atoms in total. The molecule has 0 bridgehead atoms. The van der Waals surface area contributed by atoms with Crippen molar-refractivity contribution in [3.63, 3.8) is 0 Å². The second kappa shape index (κ2) is 6.06. The number of carbonyl (C=O) groups is 1. The molecule has 0 spiro atoms. The summed E-state index contributed by atoms with van der Waals surface area (Å²) in [7, 11) is 1.61. The summed E-state index contributed by atoms with van der Waals surface area (Å²) in [5.74, 6) is 0.781. The van der Waals surface area contributed by atoms with Crippen LogP contribution in [0.1, 0.15) is 6.92 Å². The van der Waals surface area contributed by atoms with Crippen LogP contribution in [0.15, 0.2) is 60.7 Å². The van der Waals surface area contributed by atoms with Gasteiger partial charge in [0.05, 0.1) is 7.11 Å². The van der Waals surface area contributed by atoms with Crippen molar-refractivity contribution in [2.45, 2.75) is 6.92 Å². The van der Waals surface area contributed by atoms with Crippen LogP contribution >= 0.6 is 0 Å². The average Bonchev–Trinajstić information content (AvgIpc) is 2.47. The molecular formula is C17H16O3. The Labute approximate surface area is 118 Å². The first kappa shape index (κ1) is 13.9. The third-order valence-electron chi connectivity index (χ3n) is 2.84. The molecule has 0 radical (unpaired) electrons. The predicted molar refractivity (Wildman–Crippen MR) is 78.9 cm³/mol. The fourth-order valence-corrected chi connectivity index (χ4v) is 1.83. The third-order valence-corrected chi connectivity index (χ3v) is 2.84. The predicted octanol–water partition coefficient (Wildman–Crippen LogP) is 3.84. The van der Waals surface area contributed by atoms with Crippen molar-refractivity contribution >= 4 is 5.97 Å². The van der Waals surface area contributed by atoms with E-state index < -0.39 is 5.97 Å². The number of carbonyl (C=O) groups excluding carboxylic acids is 1. The summed E-state index contributed by atoms with van der Waals surface area (Å²) in [5, 5.41) is 0. The average molecular weight is 268 g/mol. The van der Waals surface area contributed by atoms with E-state index >= 15 is 0 Å². The van der Waals surface area contributed by atoms with Gasteiger partial charge >= 0.3 is 5.97 Å². The summed E-state index contributed by atoms with van der Waals surface area (Å²) in [6.45, 7) is 5.21. The number of benzene rings is 2. The highest BCUT2D eigenvalue weighted by molar-refractivity contribution is 5.90. The van der Waals surface area contributed by atoms with Gasteiger partial charge in [-0.25, -0.2) is 4.79 Å². The second-order valence-electron chi connectivity index (χ2n) is 4.37. The van der Waals surface area contributed by atoms with E-state index in [-0.39, 0.29) is 0 Å². The molecule has 0 aliphatic heterocycles. The van der Waals surface area contributed by atoms with Gasteiger partial charge in [0, 0.05) is 16.7 Å². The van der Waals surface area contributed by atoms with Crippen molar-refractivity contribution in [1.29, 1.82) is 0 Å². The normalized spacial score (nSPS) is 9.90. The largest absolute Gasteiger partial charge is 0.496 e. The Kier molecular flexibility index (Phi) is 4.20. The van der Waals surface area contributed by atoms with E-state index in [4.69, 9.17) is 9.47 Å². The lowest BCUT2D eigenvalue weighted by Gasteiger charge is -2.12. The van der Waals surface area contributed by atoms with Gasteiger partial charge in [-0.3, -0.25) is 0 Å². The smallest absolute Gasteiger partial charge is 0.338 e. The highest BCUT2D eigenvalue weighted by Gasteiger charge is 2.13. The SMILES string of the molecule is C=C(C)C(=O)Oc1ccccc1-c1ccccc1OC. The zero-order chi connectivity index (χ0) is 14.5. The van der Waals surface area contributed by atoms with Gasteiger partial charge in [0.2, 0.25) is 0 Å². The maximum absolute atomic E-state index is 11.7. The van der Waals surface area contributed by atoms with Crippen LogP contribution in [0.2, 0.25) is 0 Å². The highest BCUT2D eigenvalue weighted by atomic mass is 16.5. The van der Waals surface area contributed by atoms with Gasteiger partial charge in [0.15, 0.2) is 0 Å². The first-order valence-corrected chi connectivity index (χ1v) is 6.23. The molecule has 20 heavy (non-hydrogen) atoms. The third kappa shape index (κ3) is 2.88. The van der Waals surface area contributed by atoms with Crippen molar-refractivity contribution in [2.24, 2.45) is 0 Å². The number of hydrogen-bond acceptors (Lipinski definition) is 3. The molecular weight excluding hydrogens is 252 g/mol. The molecule has 0 amide bonds. The first-order valence-electron chi connectivity index (χ1n) is 6.23. The van der Waals surface area contributed by atoms with Crippen molar-refractivity contribution in [3.8, 4) is 22.6 Å². The lowest BCUT2D eigenvalue weighted by Crippen LogP contribution is -2.09. The fraction of sp³-hybridized carbons (Fsp3) is 0.118. The quantitative estimate of drug-likeness (QED) is 0.480. The lowest BCUT2D eigenvalue weighted by molar-refractivity contribution is -0.130. The maximum atomic E-state index is 11.7. The van der Waals surface area contributed by atoms with Crippen LogP contribution in [0.3, 0.4) is 0 Å². The molecule has 0 aliphatic rings. The summed E-state index contributed by atoms with van der Waals surface area (Å²) in [5.41, 5.74) is 2.04. The van der Waals surface area contributed by atoms with Gasteiger partial charge in [-0.2, -0.15) is 0 Å². The molecule has 3 heteroatoms. The van der Waals surface area contributed by atoms with Gasteiger partial charge in [0.25, 0.3) is 0 Å². The van der Waals surface area contributed by atoms with Crippen LogP contribution < -0.4 is 9.47 Å². The zero-order valence-corrected chi connectivity index (χ0v) is 11.6. The summed E-state index contributed by atoms with van der Waals surface area (Å²) in [6.07, 6.45) is 0. The van der Waals surface area contributed by atoms with Gasteiger partial charge in [-0.05, 0) is 19.1 Å². The van der Waals surface area contributed by atoms with Gasteiger partial charge in [0.1, 0.15) is 11.5 Å². The Morgan fingerprint density at radius 1 is 0.950 bits per heavy atom. The molecule has 102 valence electrons. The molecule has 2 rings (SSSR count). The van der Waals surface area contributed by atoms with Gasteiger partial charge < -0.3 is 9.47 Å². The number of hydrogen-bond donors (Lipinski definition) is 0. The summed E-state index contributed by atoms with van der Waals surface area (Å²) >= 11 is 0.